The van der Waals surface area contributed by atoms with Crippen molar-refractivity contribution in [1.82, 2.24) is 9.80 Å². The molecule has 2 N–H and O–H groups in total. The highest BCUT2D eigenvalue weighted by atomic mass is 35.5. The fraction of sp³-hybridized carbons (Fsp3) is 0.462. The number of halogens is 4. The van der Waals surface area contributed by atoms with Crippen LogP contribution >= 0.6 is 46.4 Å². The van der Waals surface area contributed by atoms with Crippen molar-refractivity contribution >= 4 is 89.8 Å². The fourth-order valence-electron chi connectivity index (χ4n) is 9.43. The number of amides is 2. The van der Waals surface area contributed by atoms with Gasteiger partial charge in [-0.05, 0) is 136 Å². The molecule has 0 bridgehead atoms. The van der Waals surface area contributed by atoms with Gasteiger partial charge in [0, 0.05) is 32.2 Å². The zero-order chi connectivity index (χ0) is 52.4. The summed E-state index contributed by atoms with van der Waals surface area (Å²) in [5.41, 5.74) is 2.74. The normalized spacial score (nSPS) is 23.6. The monoisotopic (exact) mass is 1110 g/mol. The van der Waals surface area contributed by atoms with Gasteiger partial charge in [0.25, 0.3) is 11.8 Å². The average molecular weight is 1110 g/mol. The fourth-order valence-corrected chi connectivity index (χ4v) is 12.7. The van der Waals surface area contributed by atoms with E-state index in [0.29, 0.717) is 42.3 Å². The predicted octanol–water partition coefficient (Wildman–Crippen LogP) is 10.2. The second-order valence-electron chi connectivity index (χ2n) is 19.4. The number of rotatable bonds is 18. The van der Waals surface area contributed by atoms with E-state index in [4.69, 9.17) is 55.9 Å². The Morgan fingerprint density at radius 1 is 0.542 bits per heavy atom. The molecule has 20 heteroatoms. The van der Waals surface area contributed by atoms with Crippen LogP contribution < -0.4 is 0 Å². The Balaban J connectivity index is 0.000000211. The minimum Gasteiger partial charge on any atom is -0.481 e. The third-order valence-corrected chi connectivity index (χ3v) is 19.1. The molecule has 4 aliphatic rings. The number of carboxylic acid groups (broad SMARTS) is 2. The number of hydrogen-bond donors (Lipinski definition) is 2. The number of hydrogen-bond acceptors (Lipinski definition) is 10. The number of carbonyl (C=O) groups excluding carboxylic acids is 2. The van der Waals surface area contributed by atoms with Crippen LogP contribution in [0.25, 0.3) is 0 Å². The Kier molecular flexibility index (Phi) is 17.8. The number of morpholine rings is 2. The van der Waals surface area contributed by atoms with Crippen LogP contribution in [0.2, 0.25) is 20.1 Å². The molecule has 2 aliphatic carbocycles. The molecular weight excluding hydrogens is 1050 g/mol. The molecule has 4 fully saturated rings. The van der Waals surface area contributed by atoms with Gasteiger partial charge >= 0.3 is 11.9 Å². The Bertz CT molecular complexity index is 2650. The molecular formula is C52H58Cl4N2O12S2. The van der Waals surface area contributed by atoms with E-state index in [1.807, 2.05) is 12.1 Å². The van der Waals surface area contributed by atoms with Crippen LogP contribution in [0.1, 0.15) is 113 Å². The number of sulfone groups is 2. The number of carbonyl (C=O) groups is 4. The topological polar surface area (TPSA) is 202 Å². The standard InChI is InChI=1S/2C26H29Cl2NO6S/c2*1-15(2)36(33,34)14-21(16-6-7-16)29-24(17-8-10-19(27)11-9-17)25(18-4-3-5-20(28)12-18)35-22(26(29)32)13-23(30)31/h2*3-5,8-12,15-16,21-22,24-25H,6-7,13-14H2,1-2H3,(H,30,31)/t21-,22+,24-,25-;21-,22-,24-,25-/m11/s1. The second-order valence-corrected chi connectivity index (χ2v) is 26.4. The summed E-state index contributed by atoms with van der Waals surface area (Å²) >= 11 is 24.8. The SMILES string of the molecule is CC(C)S(=O)(=O)C[C@H](C1CC1)N1C(=O)[C@@H](CC(=O)O)O[C@H](c2cccc(Cl)c2)[C@H]1c1ccc(Cl)cc1.CC(C)S(=O)(=O)C[C@H](C1CC1)N1C(=O)[C@H](CC(=O)O)O[C@H](c2cccc(Cl)c2)[C@H]1c1ccc(Cl)cc1. The Morgan fingerprint density at radius 2 is 0.875 bits per heavy atom. The van der Waals surface area contributed by atoms with Crippen LogP contribution in [0.5, 0.6) is 0 Å². The number of nitrogens with zero attached hydrogens (tertiary/aromatic N) is 2. The number of carboxylic acids is 2. The average Bonchev–Trinajstić information content (AvgIpc) is 4.25. The van der Waals surface area contributed by atoms with Gasteiger partial charge in [-0.15, -0.1) is 0 Å². The van der Waals surface area contributed by atoms with Crippen molar-refractivity contribution in [3.8, 4) is 0 Å². The van der Waals surface area contributed by atoms with E-state index in [-0.39, 0.29) is 23.3 Å². The lowest BCUT2D eigenvalue weighted by atomic mass is 9.89. The highest BCUT2D eigenvalue weighted by Gasteiger charge is 2.53. The first-order chi connectivity index (χ1) is 33.9. The van der Waals surface area contributed by atoms with Gasteiger partial charge in [0.05, 0.1) is 46.9 Å². The maximum atomic E-state index is 13.9. The summed E-state index contributed by atoms with van der Waals surface area (Å²) < 4.78 is 64.7. The number of benzene rings is 4. The summed E-state index contributed by atoms with van der Waals surface area (Å²) in [6, 6.07) is 25.3. The van der Waals surface area contributed by atoms with Crippen LogP contribution in [0, 0.1) is 11.8 Å². The van der Waals surface area contributed by atoms with Gasteiger partial charge in [0.2, 0.25) is 0 Å². The van der Waals surface area contributed by atoms with E-state index >= 15 is 0 Å². The van der Waals surface area contributed by atoms with Crippen LogP contribution in [0.15, 0.2) is 97.1 Å². The molecule has 4 aromatic rings. The van der Waals surface area contributed by atoms with E-state index in [2.05, 4.69) is 0 Å². The Morgan fingerprint density at radius 3 is 1.15 bits per heavy atom. The van der Waals surface area contributed by atoms with Gasteiger partial charge in [0.1, 0.15) is 24.4 Å². The zero-order valence-corrected chi connectivity index (χ0v) is 44.7. The van der Waals surface area contributed by atoms with Gasteiger partial charge in [-0.25, -0.2) is 16.8 Å². The van der Waals surface area contributed by atoms with Crippen molar-refractivity contribution in [2.24, 2.45) is 11.8 Å². The van der Waals surface area contributed by atoms with Crippen LogP contribution in [0.4, 0.5) is 0 Å². The third-order valence-electron chi connectivity index (χ3n) is 13.6. The quantitative estimate of drug-likeness (QED) is 0.0956. The summed E-state index contributed by atoms with van der Waals surface area (Å²) in [7, 11) is -7.02. The molecule has 388 valence electrons. The van der Waals surface area contributed by atoms with E-state index in [0.717, 1.165) is 25.7 Å². The minimum atomic E-state index is -3.51. The van der Waals surface area contributed by atoms with Gasteiger partial charge in [-0.1, -0.05) is 94.9 Å². The smallest absolute Gasteiger partial charge is 0.306 e. The molecule has 0 radical (unpaired) electrons. The van der Waals surface area contributed by atoms with E-state index < -0.39 is 115 Å². The highest BCUT2D eigenvalue weighted by Crippen LogP contribution is 2.50. The van der Waals surface area contributed by atoms with Crippen molar-refractivity contribution in [1.29, 1.82) is 0 Å². The minimum absolute atomic E-state index is 0.000801. The summed E-state index contributed by atoms with van der Waals surface area (Å²) in [4.78, 5) is 54.2. The molecule has 8 rings (SSSR count). The second kappa shape index (κ2) is 23.1. The van der Waals surface area contributed by atoms with Crippen molar-refractivity contribution < 1.29 is 55.7 Å². The number of aliphatic carboxylic acids is 2. The van der Waals surface area contributed by atoms with Crippen LogP contribution in [-0.4, -0.2) is 107 Å². The van der Waals surface area contributed by atoms with E-state index in [9.17, 15) is 46.2 Å². The lowest BCUT2D eigenvalue weighted by molar-refractivity contribution is -0.183. The summed E-state index contributed by atoms with van der Waals surface area (Å²) in [6.45, 7) is 6.50. The van der Waals surface area contributed by atoms with E-state index in [1.54, 1.807) is 122 Å². The Labute approximate surface area is 440 Å². The zero-order valence-electron chi connectivity index (χ0n) is 40.0. The predicted molar refractivity (Wildman–Crippen MR) is 276 cm³/mol. The molecule has 2 aliphatic heterocycles. The lowest BCUT2D eigenvalue weighted by Crippen LogP contribution is -2.57. The number of ether oxygens (including phenoxy) is 2. The molecule has 2 saturated carbocycles. The summed E-state index contributed by atoms with van der Waals surface area (Å²) in [5, 5.41) is 19.8. The molecule has 2 amide bonds. The molecule has 2 saturated heterocycles. The molecule has 14 nitrogen and oxygen atoms in total. The molecule has 0 spiro atoms. The van der Waals surface area contributed by atoms with Gasteiger partial charge < -0.3 is 29.5 Å². The molecule has 0 aromatic heterocycles. The van der Waals surface area contributed by atoms with Crippen LogP contribution in [0.3, 0.4) is 0 Å². The first-order valence-electron chi connectivity index (χ1n) is 23.8. The van der Waals surface area contributed by atoms with E-state index in [1.165, 1.54) is 0 Å². The first-order valence-corrected chi connectivity index (χ1v) is 28.7. The van der Waals surface area contributed by atoms with Crippen molar-refractivity contribution in [3.63, 3.8) is 0 Å². The van der Waals surface area contributed by atoms with Crippen LogP contribution in [-0.2, 0) is 48.3 Å². The molecule has 8 atom stereocenters. The molecule has 2 heterocycles. The lowest BCUT2D eigenvalue weighted by Gasteiger charge is -2.48. The van der Waals surface area contributed by atoms with Gasteiger partial charge in [0.15, 0.2) is 19.7 Å². The molecule has 4 aromatic carbocycles. The first kappa shape index (κ1) is 55.5. The van der Waals surface area contributed by atoms with Crippen molar-refractivity contribution in [2.75, 3.05) is 11.5 Å². The largest absolute Gasteiger partial charge is 0.481 e. The van der Waals surface area contributed by atoms with Gasteiger partial charge in [-0.2, -0.15) is 0 Å². The molecule has 72 heavy (non-hydrogen) atoms. The maximum absolute atomic E-state index is 13.9. The summed E-state index contributed by atoms with van der Waals surface area (Å²) in [5.74, 6) is -3.80. The van der Waals surface area contributed by atoms with Gasteiger partial charge in [-0.3, -0.25) is 19.2 Å². The maximum Gasteiger partial charge on any atom is 0.306 e. The third kappa shape index (κ3) is 13.3. The van der Waals surface area contributed by atoms with Crippen molar-refractivity contribution in [2.45, 2.75) is 125 Å². The Hall–Kier alpha value is -4.26. The molecule has 0 unspecified atom stereocenters. The van der Waals surface area contributed by atoms with Crippen molar-refractivity contribution in [3.05, 3.63) is 139 Å². The highest BCUT2D eigenvalue weighted by molar-refractivity contribution is 7.92. The summed E-state index contributed by atoms with van der Waals surface area (Å²) in [6.07, 6.45) is -1.96.